The molecule has 2 rings (SSSR count). The molecule has 4 nitrogen and oxygen atoms in total. The van der Waals surface area contributed by atoms with Gasteiger partial charge in [0.15, 0.2) is 9.84 Å². The number of hydrogen-bond donors (Lipinski definition) is 0. The third-order valence-corrected chi connectivity index (χ3v) is 5.89. The molecule has 0 aromatic heterocycles. The van der Waals surface area contributed by atoms with Crippen LogP contribution in [0, 0.1) is 6.92 Å². The number of amides is 1. The monoisotopic (exact) mass is 323 g/mol. The molecule has 1 saturated heterocycles. The summed E-state index contributed by atoms with van der Waals surface area (Å²) >= 11 is 0. The molecule has 0 aliphatic carbocycles. The molecule has 1 aromatic rings. The van der Waals surface area contributed by atoms with E-state index in [4.69, 9.17) is 0 Å². The van der Waals surface area contributed by atoms with Crippen LogP contribution in [0.3, 0.4) is 0 Å². The Kier molecular flexibility index (Phi) is 5.62. The molecule has 5 heteroatoms. The zero-order valence-electron chi connectivity index (χ0n) is 13.4. The Hall–Kier alpha value is -1.36. The Morgan fingerprint density at radius 2 is 2.14 bits per heavy atom. The zero-order valence-corrected chi connectivity index (χ0v) is 14.2. The van der Waals surface area contributed by atoms with Crippen LogP contribution in [0.25, 0.3) is 0 Å². The Bertz CT molecular complexity index is 625. The maximum atomic E-state index is 12.5. The summed E-state index contributed by atoms with van der Waals surface area (Å²) < 4.78 is 23.3. The van der Waals surface area contributed by atoms with Crippen LogP contribution in [0.15, 0.2) is 24.3 Å². The second-order valence-electron chi connectivity index (χ2n) is 6.13. The van der Waals surface area contributed by atoms with Crippen molar-refractivity contribution in [3.63, 3.8) is 0 Å². The molecule has 122 valence electrons. The Balaban J connectivity index is 1.98. The summed E-state index contributed by atoms with van der Waals surface area (Å²) in [6.45, 7) is 4.70. The van der Waals surface area contributed by atoms with Crippen molar-refractivity contribution in [3.05, 3.63) is 35.4 Å². The minimum absolute atomic E-state index is 0.0745. The van der Waals surface area contributed by atoms with Crippen LogP contribution in [-0.4, -0.2) is 43.3 Å². The quantitative estimate of drug-likeness (QED) is 0.807. The second-order valence-corrected chi connectivity index (χ2v) is 8.36. The molecule has 0 spiro atoms. The molecule has 1 aliphatic heterocycles. The largest absolute Gasteiger partial charge is 0.339 e. The van der Waals surface area contributed by atoms with Crippen molar-refractivity contribution in [2.24, 2.45) is 0 Å². The summed E-state index contributed by atoms with van der Waals surface area (Å²) in [6.07, 6.45) is 2.59. The van der Waals surface area contributed by atoms with Gasteiger partial charge in [0, 0.05) is 19.0 Å². The Morgan fingerprint density at radius 3 is 2.73 bits per heavy atom. The van der Waals surface area contributed by atoms with Crippen molar-refractivity contribution >= 4 is 15.7 Å². The van der Waals surface area contributed by atoms with Gasteiger partial charge in [-0.25, -0.2) is 8.42 Å². The van der Waals surface area contributed by atoms with E-state index in [9.17, 15) is 13.2 Å². The number of carbonyl (C=O) groups is 1. The molecule has 1 atom stereocenters. The Morgan fingerprint density at radius 1 is 1.36 bits per heavy atom. The lowest BCUT2D eigenvalue weighted by Crippen LogP contribution is -2.41. The topological polar surface area (TPSA) is 54.5 Å². The molecule has 0 saturated carbocycles. The number of carbonyl (C=O) groups excluding carboxylic acids is 1. The molecule has 1 amide bonds. The highest BCUT2D eigenvalue weighted by molar-refractivity contribution is 7.91. The fraction of sp³-hybridized carbons (Fsp3) is 0.588. The van der Waals surface area contributed by atoms with Gasteiger partial charge in [-0.2, -0.15) is 0 Å². The molecular weight excluding hydrogens is 298 g/mol. The first-order valence-electron chi connectivity index (χ1n) is 7.96. The van der Waals surface area contributed by atoms with E-state index < -0.39 is 9.84 Å². The summed E-state index contributed by atoms with van der Waals surface area (Å²) in [4.78, 5) is 14.3. The van der Waals surface area contributed by atoms with Crippen molar-refractivity contribution in [2.45, 2.75) is 45.6 Å². The van der Waals surface area contributed by atoms with E-state index in [1.807, 2.05) is 32.0 Å². The van der Waals surface area contributed by atoms with Crippen molar-refractivity contribution < 1.29 is 13.2 Å². The third kappa shape index (κ3) is 4.57. The van der Waals surface area contributed by atoms with Gasteiger partial charge in [-0.15, -0.1) is 0 Å². The molecule has 0 radical (unpaired) electrons. The van der Waals surface area contributed by atoms with Gasteiger partial charge in [0.05, 0.1) is 11.5 Å². The highest BCUT2D eigenvalue weighted by atomic mass is 32.2. The summed E-state index contributed by atoms with van der Waals surface area (Å²) in [5.41, 5.74) is 2.35. The third-order valence-electron chi connectivity index (χ3n) is 4.14. The van der Waals surface area contributed by atoms with Gasteiger partial charge < -0.3 is 4.90 Å². The minimum atomic E-state index is -2.96. The minimum Gasteiger partial charge on any atom is -0.339 e. The van der Waals surface area contributed by atoms with Gasteiger partial charge >= 0.3 is 0 Å². The number of aryl methyl sites for hydroxylation is 2. The molecule has 1 aliphatic rings. The molecule has 22 heavy (non-hydrogen) atoms. The zero-order chi connectivity index (χ0) is 16.2. The van der Waals surface area contributed by atoms with Crippen molar-refractivity contribution in [1.29, 1.82) is 0 Å². The highest BCUT2D eigenvalue weighted by Crippen LogP contribution is 2.19. The predicted octanol–water partition coefficient (Wildman–Crippen LogP) is 2.35. The number of benzene rings is 1. The average Bonchev–Trinajstić information content (AvgIpc) is 2.82. The van der Waals surface area contributed by atoms with Gasteiger partial charge in [-0.3, -0.25) is 4.79 Å². The smallest absolute Gasteiger partial charge is 0.223 e. The fourth-order valence-corrected chi connectivity index (χ4v) is 4.77. The van der Waals surface area contributed by atoms with E-state index >= 15 is 0 Å². The maximum absolute atomic E-state index is 12.5. The number of sulfone groups is 1. The SMILES string of the molecule is CCCN(C(=O)CCc1cccc(C)c1)C1CCS(=O)(=O)C1. The van der Waals surface area contributed by atoms with Crippen LogP contribution >= 0.6 is 0 Å². The molecule has 1 fully saturated rings. The van der Waals surface area contributed by atoms with E-state index in [1.54, 1.807) is 4.90 Å². The summed E-state index contributed by atoms with van der Waals surface area (Å²) in [6, 6.07) is 8.04. The van der Waals surface area contributed by atoms with Crippen LogP contribution in [0.5, 0.6) is 0 Å². The normalized spacial score (nSPS) is 20.0. The van der Waals surface area contributed by atoms with Gasteiger partial charge in [0.1, 0.15) is 0 Å². The first-order chi connectivity index (χ1) is 10.4. The van der Waals surface area contributed by atoms with Crippen molar-refractivity contribution in [1.82, 2.24) is 4.90 Å². The van der Waals surface area contributed by atoms with E-state index in [-0.39, 0.29) is 23.5 Å². The highest BCUT2D eigenvalue weighted by Gasteiger charge is 2.33. The fourth-order valence-electron chi connectivity index (χ4n) is 3.04. The van der Waals surface area contributed by atoms with Gasteiger partial charge in [-0.05, 0) is 31.7 Å². The van der Waals surface area contributed by atoms with E-state index in [0.717, 1.165) is 12.0 Å². The lowest BCUT2D eigenvalue weighted by Gasteiger charge is -2.28. The van der Waals surface area contributed by atoms with Crippen LogP contribution in [0.4, 0.5) is 0 Å². The molecule has 1 heterocycles. The van der Waals surface area contributed by atoms with E-state index in [2.05, 4.69) is 6.07 Å². The summed E-state index contributed by atoms with van der Waals surface area (Å²) in [5.74, 6) is 0.414. The summed E-state index contributed by atoms with van der Waals surface area (Å²) in [5, 5.41) is 0. The average molecular weight is 323 g/mol. The van der Waals surface area contributed by atoms with E-state index in [1.165, 1.54) is 5.56 Å². The number of nitrogens with zero attached hydrogens (tertiary/aromatic N) is 1. The number of rotatable bonds is 6. The van der Waals surface area contributed by atoms with Crippen molar-refractivity contribution in [2.75, 3.05) is 18.1 Å². The van der Waals surface area contributed by atoms with Gasteiger partial charge in [-0.1, -0.05) is 36.8 Å². The van der Waals surface area contributed by atoms with Crippen LogP contribution in [0.2, 0.25) is 0 Å². The Labute approximate surface area is 133 Å². The predicted molar refractivity (Wildman–Crippen MR) is 88.6 cm³/mol. The standard InChI is InChI=1S/C17H25NO3S/c1-3-10-18(16-9-11-22(20,21)13-16)17(19)8-7-15-6-4-5-14(2)12-15/h4-6,12,16H,3,7-11,13H2,1-2H3. The lowest BCUT2D eigenvalue weighted by atomic mass is 10.1. The lowest BCUT2D eigenvalue weighted by molar-refractivity contribution is -0.133. The van der Waals surface area contributed by atoms with Gasteiger partial charge in [0.25, 0.3) is 0 Å². The molecular formula is C17H25NO3S. The molecule has 0 N–H and O–H groups in total. The van der Waals surface area contributed by atoms with Crippen molar-refractivity contribution in [3.8, 4) is 0 Å². The van der Waals surface area contributed by atoms with Crippen LogP contribution in [-0.2, 0) is 21.1 Å². The first-order valence-corrected chi connectivity index (χ1v) is 9.79. The summed E-state index contributed by atoms with van der Waals surface area (Å²) in [7, 11) is -2.96. The van der Waals surface area contributed by atoms with Crippen LogP contribution < -0.4 is 0 Å². The van der Waals surface area contributed by atoms with Gasteiger partial charge in [0.2, 0.25) is 5.91 Å². The molecule has 0 bridgehead atoms. The first kappa shape index (κ1) is 17.0. The molecule has 1 unspecified atom stereocenters. The van der Waals surface area contributed by atoms with E-state index in [0.29, 0.717) is 25.8 Å². The molecule has 1 aromatic carbocycles. The second kappa shape index (κ2) is 7.27. The number of hydrogen-bond acceptors (Lipinski definition) is 3. The van der Waals surface area contributed by atoms with Crippen LogP contribution in [0.1, 0.15) is 37.3 Å². The maximum Gasteiger partial charge on any atom is 0.223 e.